The molecule has 1 N–H and O–H groups in total. The van der Waals surface area contributed by atoms with E-state index < -0.39 is 5.97 Å². The highest BCUT2D eigenvalue weighted by atomic mass is 16.4. The van der Waals surface area contributed by atoms with Crippen LogP contribution in [-0.2, 0) is 4.79 Å². The normalized spacial score (nSPS) is 24.1. The van der Waals surface area contributed by atoms with Crippen molar-refractivity contribution in [2.24, 2.45) is 17.8 Å². The molecule has 17 heavy (non-hydrogen) atoms. The number of rotatable bonds is 4. The first-order valence-corrected chi connectivity index (χ1v) is 7.49. The van der Waals surface area contributed by atoms with E-state index in [1.165, 1.54) is 64.2 Å². The number of hydrogen-bond acceptors (Lipinski definition) is 1. The summed E-state index contributed by atoms with van der Waals surface area (Å²) in [6.07, 6.45) is 13.6. The molecule has 2 aliphatic carbocycles. The molecule has 0 atom stereocenters. The largest absolute Gasteiger partial charge is 0.481 e. The summed E-state index contributed by atoms with van der Waals surface area (Å²) in [7, 11) is 0. The molecule has 0 saturated heterocycles. The van der Waals surface area contributed by atoms with Gasteiger partial charge in [-0.25, -0.2) is 0 Å². The molecular formula is C15H26O2. The molecule has 0 amide bonds. The standard InChI is InChI=1S/C15H26O2/c16-15(17)11-14(12-7-3-1-4-8-12)13-9-5-2-6-10-13/h12-14H,1-11H2,(H,16,17). The van der Waals surface area contributed by atoms with Gasteiger partial charge in [0.2, 0.25) is 0 Å². The zero-order chi connectivity index (χ0) is 12.1. The Balaban J connectivity index is 1.97. The van der Waals surface area contributed by atoms with Crippen molar-refractivity contribution in [1.82, 2.24) is 0 Å². The van der Waals surface area contributed by atoms with Crippen molar-refractivity contribution < 1.29 is 9.90 Å². The van der Waals surface area contributed by atoms with Crippen molar-refractivity contribution in [1.29, 1.82) is 0 Å². The summed E-state index contributed by atoms with van der Waals surface area (Å²) >= 11 is 0. The van der Waals surface area contributed by atoms with Gasteiger partial charge >= 0.3 is 5.97 Å². The summed E-state index contributed by atoms with van der Waals surface area (Å²) in [6.45, 7) is 0. The second kappa shape index (κ2) is 6.42. The Morgan fingerprint density at radius 2 is 1.29 bits per heavy atom. The van der Waals surface area contributed by atoms with Crippen molar-refractivity contribution in [2.75, 3.05) is 0 Å². The van der Waals surface area contributed by atoms with Gasteiger partial charge in [-0.2, -0.15) is 0 Å². The molecule has 2 nitrogen and oxygen atoms in total. The van der Waals surface area contributed by atoms with E-state index in [0.29, 0.717) is 24.2 Å². The van der Waals surface area contributed by atoms with Crippen LogP contribution in [0.1, 0.15) is 70.6 Å². The molecule has 98 valence electrons. The highest BCUT2D eigenvalue weighted by Crippen LogP contribution is 2.41. The van der Waals surface area contributed by atoms with E-state index >= 15 is 0 Å². The number of carboxylic acid groups (broad SMARTS) is 1. The number of aliphatic carboxylic acids is 1. The molecule has 2 saturated carbocycles. The van der Waals surface area contributed by atoms with E-state index in [1.807, 2.05) is 0 Å². The lowest BCUT2D eigenvalue weighted by atomic mass is 9.68. The molecule has 2 rings (SSSR count). The van der Waals surface area contributed by atoms with Crippen LogP contribution >= 0.6 is 0 Å². The smallest absolute Gasteiger partial charge is 0.303 e. The SMILES string of the molecule is O=C(O)CC(C1CCCCC1)C1CCCCC1. The lowest BCUT2D eigenvalue weighted by Crippen LogP contribution is -2.29. The first kappa shape index (κ1) is 12.9. The van der Waals surface area contributed by atoms with Gasteiger partial charge in [0.25, 0.3) is 0 Å². The molecule has 2 aliphatic rings. The van der Waals surface area contributed by atoms with E-state index in [4.69, 9.17) is 5.11 Å². The summed E-state index contributed by atoms with van der Waals surface area (Å²) < 4.78 is 0. The minimum atomic E-state index is -0.578. The molecule has 0 spiro atoms. The first-order valence-electron chi connectivity index (χ1n) is 7.49. The lowest BCUT2D eigenvalue weighted by Gasteiger charge is -2.37. The number of carboxylic acids is 1. The highest BCUT2D eigenvalue weighted by Gasteiger charge is 2.32. The van der Waals surface area contributed by atoms with Gasteiger partial charge in [0, 0.05) is 6.42 Å². The second-order valence-electron chi connectivity index (χ2n) is 6.06. The minimum absolute atomic E-state index is 0.426. The van der Waals surface area contributed by atoms with Crippen LogP contribution in [0.25, 0.3) is 0 Å². The molecule has 2 fully saturated rings. The molecule has 0 heterocycles. The average Bonchev–Trinajstić information content (AvgIpc) is 2.38. The summed E-state index contributed by atoms with van der Waals surface area (Å²) in [5.74, 6) is 1.32. The molecule has 2 heteroatoms. The summed E-state index contributed by atoms with van der Waals surface area (Å²) in [5.41, 5.74) is 0. The molecule has 0 radical (unpaired) electrons. The maximum absolute atomic E-state index is 11.1. The van der Waals surface area contributed by atoms with Crippen molar-refractivity contribution in [3.63, 3.8) is 0 Å². The molecule has 0 aromatic carbocycles. The van der Waals surface area contributed by atoms with Gasteiger partial charge in [0.05, 0.1) is 0 Å². The highest BCUT2D eigenvalue weighted by molar-refractivity contribution is 5.67. The first-order chi connectivity index (χ1) is 8.27. The zero-order valence-electron chi connectivity index (χ0n) is 10.9. The van der Waals surface area contributed by atoms with Crippen LogP contribution in [0.5, 0.6) is 0 Å². The van der Waals surface area contributed by atoms with Gasteiger partial charge in [-0.05, 0) is 17.8 Å². The second-order valence-corrected chi connectivity index (χ2v) is 6.06. The molecular weight excluding hydrogens is 212 g/mol. The van der Waals surface area contributed by atoms with Gasteiger partial charge in [0.1, 0.15) is 0 Å². The van der Waals surface area contributed by atoms with E-state index in [9.17, 15) is 4.79 Å². The molecule has 0 aliphatic heterocycles. The summed E-state index contributed by atoms with van der Waals surface area (Å²) in [4.78, 5) is 11.1. The fraction of sp³-hybridized carbons (Fsp3) is 0.933. The Morgan fingerprint density at radius 1 is 0.882 bits per heavy atom. The lowest BCUT2D eigenvalue weighted by molar-refractivity contribution is -0.139. The minimum Gasteiger partial charge on any atom is -0.481 e. The van der Waals surface area contributed by atoms with Crippen LogP contribution in [0.2, 0.25) is 0 Å². The van der Waals surface area contributed by atoms with Gasteiger partial charge in [-0.15, -0.1) is 0 Å². The van der Waals surface area contributed by atoms with Crippen LogP contribution in [0.15, 0.2) is 0 Å². The maximum atomic E-state index is 11.1. The third-order valence-electron chi connectivity index (χ3n) is 4.92. The zero-order valence-corrected chi connectivity index (χ0v) is 10.9. The van der Waals surface area contributed by atoms with Gasteiger partial charge in [-0.1, -0.05) is 64.2 Å². The third kappa shape index (κ3) is 3.72. The van der Waals surface area contributed by atoms with Crippen molar-refractivity contribution in [3.8, 4) is 0 Å². The van der Waals surface area contributed by atoms with E-state index in [1.54, 1.807) is 0 Å². The van der Waals surface area contributed by atoms with Crippen LogP contribution in [0.4, 0.5) is 0 Å². The quantitative estimate of drug-likeness (QED) is 0.795. The van der Waals surface area contributed by atoms with Crippen molar-refractivity contribution in [3.05, 3.63) is 0 Å². The number of hydrogen-bond donors (Lipinski definition) is 1. The maximum Gasteiger partial charge on any atom is 0.303 e. The molecule has 0 aromatic rings. The van der Waals surface area contributed by atoms with Crippen molar-refractivity contribution >= 4 is 5.97 Å². The van der Waals surface area contributed by atoms with Gasteiger partial charge in [0.15, 0.2) is 0 Å². The van der Waals surface area contributed by atoms with E-state index in [-0.39, 0.29) is 0 Å². The third-order valence-corrected chi connectivity index (χ3v) is 4.92. The topological polar surface area (TPSA) is 37.3 Å². The number of carbonyl (C=O) groups is 1. The summed E-state index contributed by atoms with van der Waals surface area (Å²) in [6, 6.07) is 0. The van der Waals surface area contributed by atoms with Gasteiger partial charge in [-0.3, -0.25) is 4.79 Å². The van der Waals surface area contributed by atoms with E-state index in [2.05, 4.69) is 0 Å². The van der Waals surface area contributed by atoms with Gasteiger partial charge < -0.3 is 5.11 Å². The predicted molar refractivity (Wildman–Crippen MR) is 68.9 cm³/mol. The predicted octanol–water partition coefficient (Wildman–Crippen LogP) is 4.24. The fourth-order valence-corrected chi connectivity index (χ4v) is 4.04. The molecule has 0 bridgehead atoms. The average molecular weight is 238 g/mol. The van der Waals surface area contributed by atoms with Crippen LogP contribution in [0, 0.1) is 17.8 Å². The fourth-order valence-electron chi connectivity index (χ4n) is 4.04. The van der Waals surface area contributed by atoms with E-state index in [0.717, 1.165) is 0 Å². The summed E-state index contributed by atoms with van der Waals surface area (Å²) in [5, 5.41) is 9.15. The Labute approximate surface area is 105 Å². The monoisotopic (exact) mass is 238 g/mol. The molecule has 0 unspecified atom stereocenters. The Morgan fingerprint density at radius 3 is 1.65 bits per heavy atom. The van der Waals surface area contributed by atoms with Crippen LogP contribution < -0.4 is 0 Å². The molecule has 0 aromatic heterocycles. The Hall–Kier alpha value is -0.530. The Bertz CT molecular complexity index is 219. The van der Waals surface area contributed by atoms with Crippen LogP contribution in [0.3, 0.4) is 0 Å². The Kier molecular flexibility index (Phi) is 4.87. The van der Waals surface area contributed by atoms with Crippen molar-refractivity contribution in [2.45, 2.75) is 70.6 Å². The van der Waals surface area contributed by atoms with Crippen LogP contribution in [-0.4, -0.2) is 11.1 Å².